The molecule has 0 heterocycles. The van der Waals surface area contributed by atoms with Crippen molar-refractivity contribution < 1.29 is 33.0 Å². The van der Waals surface area contributed by atoms with Gasteiger partial charge in [-0.2, -0.15) is 0 Å². The highest BCUT2D eigenvalue weighted by Crippen LogP contribution is 2.20. The lowest BCUT2D eigenvalue weighted by Crippen LogP contribution is -2.31. The van der Waals surface area contributed by atoms with Gasteiger partial charge in [0.15, 0.2) is 6.61 Å². The highest BCUT2D eigenvalue weighted by Gasteiger charge is 2.16. The second-order valence-corrected chi connectivity index (χ2v) is 5.34. The van der Waals surface area contributed by atoms with Crippen LogP contribution in [0.4, 0.5) is 4.39 Å². The molecule has 142 valence electrons. The summed E-state index contributed by atoms with van der Waals surface area (Å²) < 4.78 is 28.1. The fourth-order valence-corrected chi connectivity index (χ4v) is 2.19. The Morgan fingerprint density at radius 3 is 2.52 bits per heavy atom. The lowest BCUT2D eigenvalue weighted by molar-refractivity contribution is -0.141. The minimum atomic E-state index is -0.810. The molecule has 8 heteroatoms. The molecule has 0 saturated carbocycles. The molecule has 27 heavy (non-hydrogen) atoms. The first-order valence-corrected chi connectivity index (χ1v) is 7.89. The minimum absolute atomic E-state index is 0.0364. The van der Waals surface area contributed by atoms with E-state index in [4.69, 9.17) is 14.2 Å². The average Bonchev–Trinajstić information content (AvgIpc) is 2.70. The number of esters is 1. The summed E-state index contributed by atoms with van der Waals surface area (Å²) in [6, 6.07) is 9.84. The molecule has 0 aliphatic heterocycles. The molecule has 2 aromatic carbocycles. The molecule has 0 fully saturated rings. The van der Waals surface area contributed by atoms with Crippen molar-refractivity contribution in [3.63, 3.8) is 0 Å². The first-order valence-electron chi connectivity index (χ1n) is 7.89. The van der Waals surface area contributed by atoms with Crippen LogP contribution in [-0.2, 0) is 9.53 Å². The number of benzene rings is 2. The number of hydrogen-bond acceptors (Lipinski definition) is 6. The quantitative estimate of drug-likeness (QED) is 0.561. The minimum Gasteiger partial charge on any atom is -0.497 e. The molecule has 0 aromatic heterocycles. The van der Waals surface area contributed by atoms with Gasteiger partial charge in [0, 0.05) is 5.56 Å². The zero-order valence-corrected chi connectivity index (χ0v) is 14.8. The van der Waals surface area contributed by atoms with Gasteiger partial charge in [0.05, 0.1) is 19.8 Å². The van der Waals surface area contributed by atoms with Crippen molar-refractivity contribution in [3.05, 3.63) is 59.4 Å². The number of ether oxygens (including phenoxy) is 3. The van der Waals surface area contributed by atoms with E-state index >= 15 is 0 Å². The van der Waals surface area contributed by atoms with Crippen LogP contribution in [0.3, 0.4) is 0 Å². The summed E-state index contributed by atoms with van der Waals surface area (Å²) in [4.78, 5) is 35.8. The van der Waals surface area contributed by atoms with Gasteiger partial charge in [0.25, 0.3) is 5.91 Å². The van der Waals surface area contributed by atoms with Crippen LogP contribution in [0, 0.1) is 5.82 Å². The number of Topliss-reactive ketones (excluding diaryl/α,β-unsaturated/α-hetero) is 1. The standard InChI is InChI=1S/C19H18FNO6/c1-25-14-5-3-4-12(8-14)19(24)21-10-18(23)27-11-16(22)15-9-13(20)6-7-17(15)26-2/h3-9H,10-11H2,1-2H3,(H,21,24). The SMILES string of the molecule is COc1cccc(C(=O)NCC(=O)OCC(=O)c2cc(F)ccc2OC)c1. The second kappa shape index (κ2) is 9.33. The molecular weight excluding hydrogens is 357 g/mol. The number of ketones is 1. The van der Waals surface area contributed by atoms with Gasteiger partial charge in [-0.3, -0.25) is 14.4 Å². The van der Waals surface area contributed by atoms with Gasteiger partial charge in [-0.15, -0.1) is 0 Å². The summed E-state index contributed by atoms with van der Waals surface area (Å²) in [5.41, 5.74) is 0.272. The van der Waals surface area contributed by atoms with Gasteiger partial charge in [0.2, 0.25) is 5.78 Å². The Kier molecular flexibility index (Phi) is 6.87. The van der Waals surface area contributed by atoms with Gasteiger partial charge in [-0.1, -0.05) is 6.07 Å². The summed E-state index contributed by atoms with van der Waals surface area (Å²) >= 11 is 0. The molecule has 0 saturated heterocycles. The van der Waals surface area contributed by atoms with Crippen molar-refractivity contribution >= 4 is 17.7 Å². The van der Waals surface area contributed by atoms with Crippen molar-refractivity contribution in [1.82, 2.24) is 5.32 Å². The summed E-state index contributed by atoms with van der Waals surface area (Å²) in [5.74, 6) is -1.88. The largest absolute Gasteiger partial charge is 0.497 e. The Bertz CT molecular complexity index is 852. The zero-order chi connectivity index (χ0) is 19.8. The Labute approximate surface area is 155 Å². The van der Waals surface area contributed by atoms with Gasteiger partial charge in [-0.25, -0.2) is 4.39 Å². The maximum Gasteiger partial charge on any atom is 0.325 e. The maximum atomic E-state index is 13.3. The topological polar surface area (TPSA) is 90.9 Å². The van der Waals surface area contributed by atoms with Crippen LogP contribution in [0.5, 0.6) is 11.5 Å². The molecule has 0 radical (unpaired) electrons. The van der Waals surface area contributed by atoms with E-state index < -0.39 is 36.6 Å². The normalized spacial score (nSPS) is 10.0. The van der Waals surface area contributed by atoms with E-state index in [2.05, 4.69) is 5.32 Å². The summed E-state index contributed by atoms with van der Waals surface area (Å²) in [5, 5.41) is 2.38. The first-order chi connectivity index (χ1) is 12.9. The molecule has 0 bridgehead atoms. The molecule has 0 unspecified atom stereocenters. The Balaban J connectivity index is 1.86. The molecule has 0 atom stereocenters. The fraction of sp³-hybridized carbons (Fsp3) is 0.211. The third-order valence-electron chi connectivity index (χ3n) is 3.55. The van der Waals surface area contributed by atoms with Gasteiger partial charge in [-0.05, 0) is 36.4 Å². The van der Waals surface area contributed by atoms with E-state index in [0.717, 1.165) is 12.1 Å². The van der Waals surface area contributed by atoms with Crippen molar-refractivity contribution in [2.24, 2.45) is 0 Å². The molecule has 0 aliphatic carbocycles. The molecular formula is C19H18FNO6. The van der Waals surface area contributed by atoms with E-state index in [0.29, 0.717) is 11.3 Å². The summed E-state index contributed by atoms with van der Waals surface area (Å²) in [6.07, 6.45) is 0. The number of amides is 1. The molecule has 2 rings (SSSR count). The van der Waals surface area contributed by atoms with Gasteiger partial charge >= 0.3 is 5.97 Å². The van der Waals surface area contributed by atoms with Crippen molar-refractivity contribution in [1.29, 1.82) is 0 Å². The van der Waals surface area contributed by atoms with Gasteiger partial charge < -0.3 is 19.5 Å². The molecule has 0 spiro atoms. The predicted molar refractivity (Wildman–Crippen MR) is 93.6 cm³/mol. The monoisotopic (exact) mass is 375 g/mol. The molecule has 1 N–H and O–H groups in total. The molecule has 7 nitrogen and oxygen atoms in total. The van der Waals surface area contributed by atoms with Crippen LogP contribution < -0.4 is 14.8 Å². The number of halogens is 1. The maximum absolute atomic E-state index is 13.3. The number of nitrogens with one attached hydrogen (secondary N) is 1. The van der Waals surface area contributed by atoms with E-state index in [1.54, 1.807) is 18.2 Å². The van der Waals surface area contributed by atoms with E-state index in [-0.39, 0.29) is 11.3 Å². The zero-order valence-electron chi connectivity index (χ0n) is 14.8. The van der Waals surface area contributed by atoms with Crippen molar-refractivity contribution in [3.8, 4) is 11.5 Å². The summed E-state index contributed by atoms with van der Waals surface area (Å²) in [6.45, 7) is -1.03. The van der Waals surface area contributed by atoms with Crippen LogP contribution in [0.2, 0.25) is 0 Å². The smallest absolute Gasteiger partial charge is 0.325 e. The van der Waals surface area contributed by atoms with Crippen LogP contribution in [0.15, 0.2) is 42.5 Å². The van der Waals surface area contributed by atoms with Crippen LogP contribution in [0.1, 0.15) is 20.7 Å². The van der Waals surface area contributed by atoms with Crippen molar-refractivity contribution in [2.75, 3.05) is 27.4 Å². The predicted octanol–water partition coefficient (Wildman–Crippen LogP) is 2.00. The van der Waals surface area contributed by atoms with Crippen LogP contribution >= 0.6 is 0 Å². The lowest BCUT2D eigenvalue weighted by atomic mass is 10.1. The highest BCUT2D eigenvalue weighted by molar-refractivity contribution is 6.00. The number of methoxy groups -OCH3 is 2. The Morgan fingerprint density at radius 1 is 1.04 bits per heavy atom. The van der Waals surface area contributed by atoms with E-state index in [1.165, 1.54) is 26.4 Å². The van der Waals surface area contributed by atoms with Crippen molar-refractivity contribution in [2.45, 2.75) is 0 Å². The average molecular weight is 375 g/mol. The first kappa shape index (κ1) is 19.9. The molecule has 0 aliphatic rings. The van der Waals surface area contributed by atoms with E-state index in [1.807, 2.05) is 0 Å². The number of hydrogen-bond donors (Lipinski definition) is 1. The van der Waals surface area contributed by atoms with Crippen LogP contribution in [-0.4, -0.2) is 45.0 Å². The Morgan fingerprint density at radius 2 is 1.81 bits per heavy atom. The highest BCUT2D eigenvalue weighted by atomic mass is 19.1. The van der Waals surface area contributed by atoms with Crippen LogP contribution in [0.25, 0.3) is 0 Å². The number of carbonyl (C=O) groups excluding carboxylic acids is 3. The Hall–Kier alpha value is -3.42. The molecule has 1 amide bonds. The molecule has 2 aromatic rings. The number of carbonyl (C=O) groups is 3. The fourth-order valence-electron chi connectivity index (χ4n) is 2.19. The van der Waals surface area contributed by atoms with Gasteiger partial charge in [0.1, 0.15) is 23.9 Å². The lowest BCUT2D eigenvalue weighted by Gasteiger charge is -2.09. The second-order valence-electron chi connectivity index (χ2n) is 5.34. The third kappa shape index (κ3) is 5.53. The summed E-state index contributed by atoms with van der Waals surface area (Å²) in [7, 11) is 2.81. The number of rotatable bonds is 8. The third-order valence-corrected chi connectivity index (χ3v) is 3.55. The van der Waals surface area contributed by atoms with E-state index in [9.17, 15) is 18.8 Å².